The van der Waals surface area contributed by atoms with Crippen LogP contribution in [0.25, 0.3) is 16.9 Å². The molecule has 1 aromatic carbocycles. The lowest BCUT2D eigenvalue weighted by Crippen LogP contribution is -2.41. The topological polar surface area (TPSA) is 116 Å². The minimum atomic E-state index is -0.834. The molecule has 0 bridgehead atoms. The van der Waals surface area contributed by atoms with Crippen molar-refractivity contribution in [3.05, 3.63) is 52.1 Å². The van der Waals surface area contributed by atoms with E-state index in [0.29, 0.717) is 24.7 Å². The van der Waals surface area contributed by atoms with Crippen molar-refractivity contribution in [2.75, 3.05) is 13.1 Å². The van der Waals surface area contributed by atoms with Crippen LogP contribution in [0.15, 0.2) is 29.1 Å². The molecule has 1 fully saturated rings. The van der Waals surface area contributed by atoms with E-state index < -0.39 is 17.4 Å². The van der Waals surface area contributed by atoms with Crippen LogP contribution in [-0.2, 0) is 11.3 Å². The predicted octanol–water partition coefficient (Wildman–Crippen LogP) is 1.39. The molecule has 1 aliphatic rings. The minimum Gasteiger partial charge on any atom is -0.364 e. The normalized spacial score (nSPS) is 14.9. The van der Waals surface area contributed by atoms with Gasteiger partial charge in [0.05, 0.1) is 5.69 Å². The molecule has 2 amide bonds. The van der Waals surface area contributed by atoms with Crippen molar-refractivity contribution in [1.82, 2.24) is 24.0 Å². The Bertz CT molecular complexity index is 1220. The zero-order valence-electron chi connectivity index (χ0n) is 17.3. The van der Waals surface area contributed by atoms with Crippen molar-refractivity contribution in [2.45, 2.75) is 33.2 Å². The van der Waals surface area contributed by atoms with Crippen LogP contribution in [0.2, 0.25) is 0 Å². The first-order valence-electron chi connectivity index (χ1n) is 10.1. The van der Waals surface area contributed by atoms with E-state index in [1.165, 1.54) is 33.4 Å². The van der Waals surface area contributed by atoms with E-state index in [2.05, 4.69) is 16.9 Å². The van der Waals surface area contributed by atoms with Crippen LogP contribution in [-0.4, -0.2) is 48.9 Å². The molecule has 0 unspecified atom stereocenters. The number of benzene rings is 1. The maximum Gasteiger partial charge on any atom is 0.335 e. The molecule has 1 saturated heterocycles. The number of amides is 2. The average Bonchev–Trinajstić information content (AvgIpc) is 2.99. The van der Waals surface area contributed by atoms with E-state index in [1.807, 2.05) is 0 Å². The molecular formula is C21H23FN6O3. The molecule has 0 saturated carbocycles. The number of primary amides is 1. The van der Waals surface area contributed by atoms with Crippen molar-refractivity contribution in [3.63, 3.8) is 0 Å². The largest absolute Gasteiger partial charge is 0.364 e. The first-order valence-corrected chi connectivity index (χ1v) is 10.1. The number of hydrogen-bond acceptors (Lipinski definition) is 5. The van der Waals surface area contributed by atoms with Crippen LogP contribution in [0.3, 0.4) is 0 Å². The van der Waals surface area contributed by atoms with Gasteiger partial charge in [0.15, 0.2) is 11.3 Å². The summed E-state index contributed by atoms with van der Waals surface area (Å²) in [5.74, 6) is -0.739. The molecular weight excluding hydrogens is 403 g/mol. The average molecular weight is 426 g/mol. The minimum absolute atomic E-state index is 0.0890. The molecule has 31 heavy (non-hydrogen) atoms. The fraction of sp³-hybridized carbons (Fsp3) is 0.381. The van der Waals surface area contributed by atoms with Gasteiger partial charge in [-0.3, -0.25) is 14.2 Å². The highest BCUT2D eigenvalue weighted by molar-refractivity contribution is 6.02. The van der Waals surface area contributed by atoms with Crippen LogP contribution in [0.5, 0.6) is 0 Å². The Hall–Kier alpha value is -3.56. The number of halogens is 1. The number of nitrogens with two attached hydrogens (primary N) is 1. The molecule has 1 aliphatic heterocycles. The zero-order valence-corrected chi connectivity index (χ0v) is 17.3. The van der Waals surface area contributed by atoms with Crippen LogP contribution < -0.4 is 11.4 Å². The third kappa shape index (κ3) is 3.80. The molecule has 10 heteroatoms. The van der Waals surface area contributed by atoms with Crippen LogP contribution in [0.4, 0.5) is 4.39 Å². The van der Waals surface area contributed by atoms with Gasteiger partial charge in [0, 0.05) is 13.1 Å². The molecule has 9 nitrogen and oxygen atoms in total. The van der Waals surface area contributed by atoms with Gasteiger partial charge in [-0.05, 0) is 49.9 Å². The highest BCUT2D eigenvalue weighted by Gasteiger charge is 2.27. The smallest absolute Gasteiger partial charge is 0.335 e. The molecule has 0 atom stereocenters. The van der Waals surface area contributed by atoms with E-state index in [0.717, 1.165) is 12.8 Å². The number of piperidine rings is 1. The van der Waals surface area contributed by atoms with E-state index in [4.69, 9.17) is 5.73 Å². The molecule has 4 rings (SSSR count). The van der Waals surface area contributed by atoms with Crippen molar-refractivity contribution < 1.29 is 14.0 Å². The summed E-state index contributed by atoms with van der Waals surface area (Å²) in [6.07, 6.45) is 1.79. The van der Waals surface area contributed by atoms with E-state index >= 15 is 0 Å². The van der Waals surface area contributed by atoms with E-state index in [1.54, 1.807) is 11.8 Å². The molecule has 2 N–H and O–H groups in total. The number of aromatic nitrogens is 4. The number of hydrogen-bond donors (Lipinski definition) is 1. The third-order valence-corrected chi connectivity index (χ3v) is 5.63. The second kappa shape index (κ2) is 7.93. The number of imidazole rings is 1. The summed E-state index contributed by atoms with van der Waals surface area (Å²) in [6, 6.07) is 5.29. The molecule has 162 valence electrons. The zero-order chi connectivity index (χ0) is 22.3. The summed E-state index contributed by atoms with van der Waals surface area (Å²) in [5, 5.41) is 0. The highest BCUT2D eigenvalue weighted by atomic mass is 19.1. The maximum absolute atomic E-state index is 13.4. The van der Waals surface area contributed by atoms with Gasteiger partial charge < -0.3 is 10.6 Å². The molecule has 0 aliphatic carbocycles. The summed E-state index contributed by atoms with van der Waals surface area (Å²) in [7, 11) is 0. The molecule has 3 aromatic rings. The van der Waals surface area contributed by atoms with Crippen LogP contribution >= 0.6 is 0 Å². The van der Waals surface area contributed by atoms with Gasteiger partial charge in [-0.2, -0.15) is 0 Å². The second-order valence-corrected chi connectivity index (χ2v) is 7.90. The van der Waals surface area contributed by atoms with Crippen molar-refractivity contribution in [2.24, 2.45) is 11.7 Å². The standard InChI is InChI=1S/C21H23FN6O3/c1-12-7-9-26(10-8-12)16(29)11-27-18-17(19(23)30)24-13(2)25-20(18)28(21(27)31)15-5-3-14(22)4-6-15/h3-6,12H,7-11H2,1-2H3,(H2,23,30). The summed E-state index contributed by atoms with van der Waals surface area (Å²) in [5.41, 5.74) is 5.38. The van der Waals surface area contributed by atoms with Crippen molar-refractivity contribution >= 4 is 23.0 Å². The molecule has 3 heterocycles. The summed E-state index contributed by atoms with van der Waals surface area (Å²) in [6.45, 7) is 4.67. The van der Waals surface area contributed by atoms with Gasteiger partial charge >= 0.3 is 5.69 Å². The summed E-state index contributed by atoms with van der Waals surface area (Å²) < 4.78 is 15.8. The maximum atomic E-state index is 13.4. The highest BCUT2D eigenvalue weighted by Crippen LogP contribution is 2.21. The third-order valence-electron chi connectivity index (χ3n) is 5.63. The SMILES string of the molecule is Cc1nc(C(N)=O)c2c(n1)n(-c1ccc(F)cc1)c(=O)n2CC(=O)N1CCC(C)CC1. The first-order chi connectivity index (χ1) is 14.8. The summed E-state index contributed by atoms with van der Waals surface area (Å²) >= 11 is 0. The lowest BCUT2D eigenvalue weighted by atomic mass is 9.99. The van der Waals surface area contributed by atoms with Crippen LogP contribution in [0, 0.1) is 18.7 Å². The number of fused-ring (bicyclic) bond motifs is 1. The second-order valence-electron chi connectivity index (χ2n) is 7.90. The summed E-state index contributed by atoms with van der Waals surface area (Å²) in [4.78, 5) is 48.6. The monoisotopic (exact) mass is 426 g/mol. The number of rotatable bonds is 4. The van der Waals surface area contributed by atoms with Crippen molar-refractivity contribution in [1.29, 1.82) is 0 Å². The van der Waals surface area contributed by atoms with Gasteiger partial charge in [-0.15, -0.1) is 0 Å². The lowest BCUT2D eigenvalue weighted by molar-refractivity contribution is -0.133. The fourth-order valence-corrected chi connectivity index (χ4v) is 3.90. The Balaban J connectivity index is 1.89. The van der Waals surface area contributed by atoms with Gasteiger partial charge in [0.1, 0.15) is 23.7 Å². The number of likely N-dealkylation sites (tertiary alicyclic amines) is 1. The Kier molecular flexibility index (Phi) is 5.30. The Morgan fingerprint density at radius 2 is 1.81 bits per heavy atom. The predicted molar refractivity (Wildman–Crippen MR) is 111 cm³/mol. The molecule has 2 aromatic heterocycles. The van der Waals surface area contributed by atoms with Gasteiger partial charge in [-0.25, -0.2) is 23.7 Å². The fourth-order valence-electron chi connectivity index (χ4n) is 3.90. The first kappa shape index (κ1) is 20.7. The quantitative estimate of drug-likeness (QED) is 0.677. The van der Waals surface area contributed by atoms with Gasteiger partial charge in [0.2, 0.25) is 5.91 Å². The Morgan fingerprint density at radius 3 is 2.42 bits per heavy atom. The van der Waals surface area contributed by atoms with Crippen molar-refractivity contribution in [3.8, 4) is 5.69 Å². The van der Waals surface area contributed by atoms with E-state index in [9.17, 15) is 18.8 Å². The van der Waals surface area contributed by atoms with Gasteiger partial charge in [0.25, 0.3) is 5.91 Å². The Morgan fingerprint density at radius 1 is 1.16 bits per heavy atom. The molecule has 0 radical (unpaired) electrons. The number of carbonyl (C=O) groups is 2. The number of aryl methyl sites for hydroxylation is 1. The lowest BCUT2D eigenvalue weighted by Gasteiger charge is -2.30. The molecule has 0 spiro atoms. The Labute approximate surface area is 177 Å². The number of nitrogens with zero attached hydrogens (tertiary/aromatic N) is 5. The van der Waals surface area contributed by atoms with Crippen LogP contribution in [0.1, 0.15) is 36.1 Å². The van der Waals surface area contributed by atoms with E-state index in [-0.39, 0.29) is 35.1 Å². The van der Waals surface area contributed by atoms with Gasteiger partial charge in [-0.1, -0.05) is 6.92 Å². The number of carbonyl (C=O) groups excluding carboxylic acids is 2.